The van der Waals surface area contributed by atoms with E-state index in [2.05, 4.69) is 0 Å². The van der Waals surface area contributed by atoms with Crippen LogP contribution in [-0.4, -0.2) is 46.7 Å². The fraction of sp³-hybridized carbons (Fsp3) is 0.400. The van der Waals surface area contributed by atoms with E-state index in [1.54, 1.807) is 11.0 Å². The van der Waals surface area contributed by atoms with Gasteiger partial charge in [0.2, 0.25) is 17.7 Å². The summed E-state index contributed by atoms with van der Waals surface area (Å²) in [5.74, 6) is -0.273. The number of benzene rings is 1. The van der Waals surface area contributed by atoms with E-state index in [1.807, 2.05) is 18.2 Å². The minimum absolute atomic E-state index is 0.0292. The Bertz CT molecular complexity index is 595. The average Bonchev–Trinajstić information content (AvgIpc) is 2.72. The molecular weight excluding hydrogens is 292 g/mol. The molecule has 0 aromatic heterocycles. The van der Waals surface area contributed by atoms with Gasteiger partial charge in [0.1, 0.15) is 0 Å². The Labute approximate surface area is 127 Å². The third kappa shape index (κ3) is 2.65. The van der Waals surface area contributed by atoms with E-state index >= 15 is 0 Å². The lowest BCUT2D eigenvalue weighted by atomic mass is 10.0. The van der Waals surface area contributed by atoms with Crippen molar-refractivity contribution < 1.29 is 14.4 Å². The lowest BCUT2D eigenvalue weighted by Crippen LogP contribution is -2.62. The van der Waals surface area contributed by atoms with Crippen molar-refractivity contribution in [2.45, 2.75) is 25.3 Å². The largest absolute Gasteiger partial charge is 0.338 e. The Morgan fingerprint density at radius 3 is 2.38 bits per heavy atom. The summed E-state index contributed by atoms with van der Waals surface area (Å²) in [6.45, 7) is 0.863. The van der Waals surface area contributed by atoms with Crippen LogP contribution in [0.15, 0.2) is 24.3 Å². The van der Waals surface area contributed by atoms with Gasteiger partial charge in [-0.2, -0.15) is 0 Å². The molecule has 0 radical (unpaired) electrons. The molecule has 5 nitrogen and oxygen atoms in total. The predicted octanol–water partition coefficient (Wildman–Crippen LogP) is 1.24. The summed E-state index contributed by atoms with van der Waals surface area (Å²) in [6.07, 6.45) is 0.833. The van der Waals surface area contributed by atoms with Crippen LogP contribution in [0.5, 0.6) is 0 Å². The SMILES string of the molecule is O=C(Cc1ccccc1Cl)N1CC(N2C(=O)CCC2=O)C1. The van der Waals surface area contributed by atoms with E-state index in [9.17, 15) is 14.4 Å². The molecule has 0 spiro atoms. The molecule has 2 heterocycles. The molecule has 0 aliphatic carbocycles. The summed E-state index contributed by atoms with van der Waals surface area (Å²) in [4.78, 5) is 38.4. The standard InChI is InChI=1S/C15H15ClN2O3/c16-12-4-2-1-3-10(12)7-15(21)17-8-11(9-17)18-13(19)5-6-14(18)20/h1-4,11H,5-9H2. The molecule has 1 aromatic rings. The van der Waals surface area contributed by atoms with Crippen molar-refractivity contribution >= 4 is 29.3 Å². The highest BCUT2D eigenvalue weighted by Crippen LogP contribution is 2.24. The predicted molar refractivity (Wildman–Crippen MR) is 76.6 cm³/mol. The van der Waals surface area contributed by atoms with Crippen molar-refractivity contribution in [1.82, 2.24) is 9.80 Å². The first kappa shape index (κ1) is 14.1. The third-order valence-electron chi connectivity index (χ3n) is 3.97. The molecule has 3 rings (SSSR count). The fourth-order valence-corrected chi connectivity index (χ4v) is 2.94. The van der Waals surface area contributed by atoms with E-state index in [0.717, 1.165) is 5.56 Å². The lowest BCUT2D eigenvalue weighted by Gasteiger charge is -2.43. The van der Waals surface area contributed by atoms with Crippen molar-refractivity contribution in [3.05, 3.63) is 34.9 Å². The van der Waals surface area contributed by atoms with Gasteiger partial charge in [0.15, 0.2) is 0 Å². The van der Waals surface area contributed by atoms with Gasteiger partial charge in [0.05, 0.1) is 12.5 Å². The number of carbonyl (C=O) groups excluding carboxylic acids is 3. The van der Waals surface area contributed by atoms with Crippen LogP contribution in [0.2, 0.25) is 5.02 Å². The highest BCUT2D eigenvalue weighted by molar-refractivity contribution is 6.31. The van der Waals surface area contributed by atoms with Crippen molar-refractivity contribution in [2.75, 3.05) is 13.1 Å². The van der Waals surface area contributed by atoms with Gasteiger partial charge < -0.3 is 4.90 Å². The molecule has 6 heteroatoms. The molecule has 2 aliphatic rings. The number of carbonyl (C=O) groups is 3. The van der Waals surface area contributed by atoms with Gasteiger partial charge in [-0.05, 0) is 11.6 Å². The summed E-state index contributed by atoms with van der Waals surface area (Å²) in [5, 5.41) is 0.577. The molecule has 110 valence electrons. The number of amides is 3. The van der Waals surface area contributed by atoms with Crippen molar-refractivity contribution in [3.63, 3.8) is 0 Å². The van der Waals surface area contributed by atoms with Gasteiger partial charge in [-0.15, -0.1) is 0 Å². The lowest BCUT2D eigenvalue weighted by molar-refractivity contribution is -0.151. The van der Waals surface area contributed by atoms with Crippen molar-refractivity contribution in [1.29, 1.82) is 0 Å². The average molecular weight is 307 g/mol. The molecule has 3 amide bonds. The van der Waals surface area contributed by atoms with Crippen LogP contribution >= 0.6 is 11.6 Å². The molecular formula is C15H15ClN2O3. The van der Waals surface area contributed by atoms with Crippen molar-refractivity contribution in [3.8, 4) is 0 Å². The summed E-state index contributed by atoms with van der Waals surface area (Å²) in [7, 11) is 0. The number of hydrogen-bond acceptors (Lipinski definition) is 3. The fourth-order valence-electron chi connectivity index (χ4n) is 2.74. The van der Waals surface area contributed by atoms with Crippen LogP contribution in [0.3, 0.4) is 0 Å². The van der Waals surface area contributed by atoms with Gasteiger partial charge in [0, 0.05) is 31.0 Å². The number of imide groups is 1. The summed E-state index contributed by atoms with van der Waals surface area (Å²) in [6, 6.07) is 7.09. The molecule has 0 unspecified atom stereocenters. The number of nitrogens with zero attached hydrogens (tertiary/aromatic N) is 2. The van der Waals surface area contributed by atoms with E-state index < -0.39 is 0 Å². The van der Waals surface area contributed by atoms with Crippen LogP contribution in [0.4, 0.5) is 0 Å². The van der Waals surface area contributed by atoms with Crippen LogP contribution in [-0.2, 0) is 20.8 Å². The quantitative estimate of drug-likeness (QED) is 0.790. The molecule has 2 fully saturated rings. The molecule has 0 N–H and O–H groups in total. The van der Waals surface area contributed by atoms with Gasteiger partial charge in [-0.25, -0.2) is 0 Å². The Balaban J connectivity index is 1.57. The second kappa shape index (κ2) is 5.48. The van der Waals surface area contributed by atoms with E-state index in [-0.39, 0.29) is 30.2 Å². The first-order chi connectivity index (χ1) is 10.1. The Morgan fingerprint density at radius 1 is 1.14 bits per heavy atom. The topological polar surface area (TPSA) is 57.7 Å². The Hall–Kier alpha value is -1.88. The first-order valence-corrected chi connectivity index (χ1v) is 7.30. The third-order valence-corrected chi connectivity index (χ3v) is 4.34. The zero-order valence-corrected chi connectivity index (χ0v) is 12.2. The summed E-state index contributed by atoms with van der Waals surface area (Å²) < 4.78 is 0. The smallest absolute Gasteiger partial charge is 0.230 e. The molecule has 21 heavy (non-hydrogen) atoms. The van der Waals surface area contributed by atoms with Crippen molar-refractivity contribution in [2.24, 2.45) is 0 Å². The number of likely N-dealkylation sites (tertiary alicyclic amines) is 2. The zero-order valence-electron chi connectivity index (χ0n) is 11.4. The molecule has 1 aromatic carbocycles. The molecule has 0 bridgehead atoms. The number of rotatable bonds is 3. The van der Waals surface area contributed by atoms with Crippen LogP contribution in [0.1, 0.15) is 18.4 Å². The Kier molecular flexibility index (Phi) is 3.68. The minimum atomic E-state index is -0.150. The van der Waals surface area contributed by atoms with Crippen LogP contribution in [0.25, 0.3) is 0 Å². The molecule has 0 saturated carbocycles. The Morgan fingerprint density at radius 2 is 1.76 bits per heavy atom. The first-order valence-electron chi connectivity index (χ1n) is 6.92. The zero-order chi connectivity index (χ0) is 15.0. The maximum atomic E-state index is 12.1. The normalized spacial score (nSPS) is 19.1. The maximum Gasteiger partial charge on any atom is 0.230 e. The minimum Gasteiger partial charge on any atom is -0.338 e. The van der Waals surface area contributed by atoms with E-state index in [1.165, 1.54) is 4.90 Å². The van der Waals surface area contributed by atoms with Gasteiger partial charge >= 0.3 is 0 Å². The second-order valence-corrected chi connectivity index (χ2v) is 5.79. The number of hydrogen-bond donors (Lipinski definition) is 0. The monoisotopic (exact) mass is 306 g/mol. The van der Waals surface area contributed by atoms with E-state index in [0.29, 0.717) is 31.0 Å². The maximum absolute atomic E-state index is 12.1. The summed E-state index contributed by atoms with van der Waals surface area (Å²) in [5.41, 5.74) is 0.793. The van der Waals surface area contributed by atoms with Crippen LogP contribution in [0, 0.1) is 0 Å². The van der Waals surface area contributed by atoms with Gasteiger partial charge in [-0.3, -0.25) is 19.3 Å². The van der Waals surface area contributed by atoms with Gasteiger partial charge in [0.25, 0.3) is 0 Å². The van der Waals surface area contributed by atoms with Crippen LogP contribution < -0.4 is 0 Å². The molecule has 2 saturated heterocycles. The molecule has 2 aliphatic heterocycles. The highest BCUT2D eigenvalue weighted by Gasteiger charge is 2.42. The summed E-state index contributed by atoms with van der Waals surface area (Å²) >= 11 is 6.04. The number of halogens is 1. The molecule has 0 atom stereocenters. The highest BCUT2D eigenvalue weighted by atomic mass is 35.5. The van der Waals surface area contributed by atoms with E-state index in [4.69, 9.17) is 11.6 Å². The van der Waals surface area contributed by atoms with Gasteiger partial charge in [-0.1, -0.05) is 29.8 Å². The second-order valence-electron chi connectivity index (χ2n) is 5.38.